The fourth-order valence-corrected chi connectivity index (χ4v) is 1.38. The third kappa shape index (κ3) is 4.12. The summed E-state index contributed by atoms with van der Waals surface area (Å²) in [5.41, 5.74) is 5.71. The number of anilines is 1. The van der Waals surface area contributed by atoms with Crippen molar-refractivity contribution in [3.8, 4) is 0 Å². The summed E-state index contributed by atoms with van der Waals surface area (Å²) in [6.07, 6.45) is -1.43. The normalized spacial score (nSPS) is 13.7. The van der Waals surface area contributed by atoms with Gasteiger partial charge in [-0.3, -0.25) is 5.41 Å². The van der Waals surface area contributed by atoms with Crippen LogP contribution in [0.15, 0.2) is 30.3 Å². The number of aliphatic hydroxyl groups excluding tert-OH is 1. The molecule has 0 aliphatic carbocycles. The van der Waals surface area contributed by atoms with Crippen molar-refractivity contribution in [1.29, 1.82) is 5.41 Å². The lowest BCUT2D eigenvalue weighted by molar-refractivity contribution is -0.140. The number of aliphatic hydroxyl groups is 1. The highest BCUT2D eigenvalue weighted by atomic mass is 16.4. The maximum atomic E-state index is 11.0. The summed E-state index contributed by atoms with van der Waals surface area (Å²) in [6, 6.07) is 7.48. The summed E-state index contributed by atoms with van der Waals surface area (Å²) in [4.78, 5) is 11.0. The smallest absolute Gasteiger partial charge is 0.328 e. The van der Waals surface area contributed by atoms with Crippen LogP contribution in [0.3, 0.4) is 0 Å². The van der Waals surface area contributed by atoms with Gasteiger partial charge in [0.1, 0.15) is 0 Å². The number of carboxylic acids is 1. The van der Waals surface area contributed by atoms with Crippen LogP contribution < -0.4 is 11.1 Å². The molecule has 1 aromatic rings. The number of rotatable bonds is 6. The summed E-state index contributed by atoms with van der Waals surface area (Å²) in [5, 5.41) is 28.3. The van der Waals surface area contributed by atoms with Crippen LogP contribution in [0.2, 0.25) is 0 Å². The zero-order chi connectivity index (χ0) is 12.8. The molecule has 6 nitrogen and oxygen atoms in total. The van der Waals surface area contributed by atoms with Crippen molar-refractivity contribution in [2.75, 3.05) is 5.32 Å². The molecule has 0 aliphatic heterocycles. The maximum Gasteiger partial charge on any atom is 0.328 e. The summed E-state index contributed by atoms with van der Waals surface area (Å²) < 4.78 is 0. The number of aliphatic carboxylic acids is 1. The molecule has 6 N–H and O–H groups in total. The first-order valence-electron chi connectivity index (χ1n) is 5.06. The minimum Gasteiger partial charge on any atom is -0.480 e. The molecule has 1 aromatic carbocycles. The van der Waals surface area contributed by atoms with Gasteiger partial charge >= 0.3 is 5.97 Å². The number of para-hydroxylation sites is 1. The van der Waals surface area contributed by atoms with Crippen molar-refractivity contribution >= 4 is 17.5 Å². The average molecular weight is 237 g/mol. The molecule has 0 bridgehead atoms. The van der Waals surface area contributed by atoms with E-state index >= 15 is 0 Å². The monoisotopic (exact) mass is 237 g/mol. The molecule has 0 spiro atoms. The van der Waals surface area contributed by atoms with Gasteiger partial charge in [0.2, 0.25) is 0 Å². The van der Waals surface area contributed by atoms with Gasteiger partial charge in [-0.05, 0) is 12.1 Å². The summed E-state index contributed by atoms with van der Waals surface area (Å²) >= 11 is 0. The Morgan fingerprint density at radius 1 is 1.41 bits per heavy atom. The number of hydrogen-bond acceptors (Lipinski definition) is 4. The fourth-order valence-electron chi connectivity index (χ4n) is 1.38. The van der Waals surface area contributed by atoms with Crippen molar-refractivity contribution in [3.63, 3.8) is 0 Å². The number of amidine groups is 1. The molecule has 0 heterocycles. The summed E-state index contributed by atoms with van der Waals surface area (Å²) in [5.74, 6) is -1.44. The van der Waals surface area contributed by atoms with E-state index in [-0.39, 0.29) is 12.3 Å². The van der Waals surface area contributed by atoms with Gasteiger partial charge in [0.15, 0.2) is 6.04 Å². The standard InChI is InChI=1S/C11H15N3O3/c12-9(13)6-8(15)10(11(16)17)14-7-4-2-1-3-5-7/h1-5,8,10,14-15H,6H2,(H3,12,13)(H,16,17)/t8?,10-/m0/s1. The number of nitrogens with one attached hydrogen (secondary N) is 2. The highest BCUT2D eigenvalue weighted by Crippen LogP contribution is 2.11. The molecule has 6 heteroatoms. The Balaban J connectivity index is 2.73. The van der Waals surface area contributed by atoms with Gasteiger partial charge in [-0.1, -0.05) is 18.2 Å². The third-order valence-corrected chi connectivity index (χ3v) is 2.18. The van der Waals surface area contributed by atoms with Gasteiger partial charge < -0.3 is 21.3 Å². The maximum absolute atomic E-state index is 11.0. The molecular formula is C11H15N3O3. The minimum atomic E-state index is -1.25. The summed E-state index contributed by atoms with van der Waals surface area (Å²) in [7, 11) is 0. The molecule has 1 rings (SSSR count). The van der Waals surface area contributed by atoms with E-state index in [1.807, 2.05) is 0 Å². The molecular weight excluding hydrogens is 222 g/mol. The van der Waals surface area contributed by atoms with E-state index in [2.05, 4.69) is 5.32 Å². The van der Waals surface area contributed by atoms with Crippen LogP contribution >= 0.6 is 0 Å². The minimum absolute atomic E-state index is 0.184. The van der Waals surface area contributed by atoms with Crippen LogP contribution in [0, 0.1) is 5.41 Å². The first kappa shape index (κ1) is 13.0. The van der Waals surface area contributed by atoms with Crippen molar-refractivity contribution in [2.24, 2.45) is 5.73 Å². The molecule has 2 atom stereocenters. The van der Waals surface area contributed by atoms with Crippen LogP contribution in [0.25, 0.3) is 0 Å². The van der Waals surface area contributed by atoms with E-state index in [1.165, 1.54) is 0 Å². The number of hydrogen-bond donors (Lipinski definition) is 5. The van der Waals surface area contributed by atoms with Gasteiger partial charge in [0.25, 0.3) is 0 Å². The SMILES string of the molecule is N=C(N)CC(O)[C@H](Nc1ccccc1)C(=O)O. The van der Waals surface area contributed by atoms with Crippen molar-refractivity contribution in [2.45, 2.75) is 18.6 Å². The predicted molar refractivity (Wildman–Crippen MR) is 64.0 cm³/mol. The second-order valence-corrected chi connectivity index (χ2v) is 3.62. The zero-order valence-electron chi connectivity index (χ0n) is 9.13. The molecule has 0 radical (unpaired) electrons. The van der Waals surface area contributed by atoms with E-state index in [0.29, 0.717) is 5.69 Å². The van der Waals surface area contributed by atoms with E-state index in [0.717, 1.165) is 0 Å². The highest BCUT2D eigenvalue weighted by molar-refractivity contribution is 5.82. The third-order valence-electron chi connectivity index (χ3n) is 2.18. The fraction of sp³-hybridized carbons (Fsp3) is 0.273. The van der Waals surface area contributed by atoms with Crippen LogP contribution in [0.1, 0.15) is 6.42 Å². The number of carbonyl (C=O) groups is 1. The lowest BCUT2D eigenvalue weighted by Gasteiger charge is -2.20. The van der Waals surface area contributed by atoms with Gasteiger partial charge in [0.05, 0.1) is 11.9 Å². The Kier molecular flexibility index (Phi) is 4.47. The summed E-state index contributed by atoms with van der Waals surface area (Å²) in [6.45, 7) is 0. The van der Waals surface area contributed by atoms with Crippen LogP contribution in [0.5, 0.6) is 0 Å². The Bertz CT molecular complexity index is 394. The zero-order valence-corrected chi connectivity index (χ0v) is 9.13. The first-order valence-corrected chi connectivity index (χ1v) is 5.06. The van der Waals surface area contributed by atoms with Crippen LogP contribution in [0.4, 0.5) is 5.69 Å². The molecule has 0 saturated heterocycles. The molecule has 0 fully saturated rings. The van der Waals surface area contributed by atoms with Crippen molar-refractivity contribution < 1.29 is 15.0 Å². The van der Waals surface area contributed by atoms with E-state index in [9.17, 15) is 9.90 Å². The van der Waals surface area contributed by atoms with Crippen LogP contribution in [-0.4, -0.2) is 34.2 Å². The van der Waals surface area contributed by atoms with Crippen molar-refractivity contribution in [1.82, 2.24) is 0 Å². The van der Waals surface area contributed by atoms with Gasteiger partial charge in [-0.25, -0.2) is 4.79 Å². The molecule has 92 valence electrons. The Morgan fingerprint density at radius 2 is 2.00 bits per heavy atom. The Hall–Kier alpha value is -2.08. The lowest BCUT2D eigenvalue weighted by Crippen LogP contribution is -2.42. The lowest BCUT2D eigenvalue weighted by atomic mass is 10.1. The highest BCUT2D eigenvalue weighted by Gasteiger charge is 2.26. The van der Waals surface area contributed by atoms with E-state index in [1.54, 1.807) is 30.3 Å². The van der Waals surface area contributed by atoms with Crippen LogP contribution in [-0.2, 0) is 4.79 Å². The Morgan fingerprint density at radius 3 is 2.47 bits per heavy atom. The topological polar surface area (TPSA) is 119 Å². The molecule has 0 aliphatic rings. The second-order valence-electron chi connectivity index (χ2n) is 3.62. The van der Waals surface area contributed by atoms with Gasteiger partial charge in [-0.2, -0.15) is 0 Å². The molecule has 0 saturated carbocycles. The van der Waals surface area contributed by atoms with E-state index < -0.39 is 18.1 Å². The molecule has 0 aromatic heterocycles. The van der Waals surface area contributed by atoms with Gasteiger partial charge in [0, 0.05) is 12.1 Å². The number of carboxylic acid groups (broad SMARTS) is 1. The van der Waals surface area contributed by atoms with Gasteiger partial charge in [-0.15, -0.1) is 0 Å². The first-order chi connectivity index (χ1) is 8.00. The molecule has 1 unspecified atom stereocenters. The predicted octanol–water partition coefficient (Wildman–Crippen LogP) is 0.239. The number of benzene rings is 1. The quantitative estimate of drug-likeness (QED) is 0.358. The number of nitrogens with two attached hydrogens (primary N) is 1. The second kappa shape index (κ2) is 5.86. The van der Waals surface area contributed by atoms with E-state index in [4.69, 9.17) is 16.2 Å². The largest absolute Gasteiger partial charge is 0.480 e. The molecule has 0 amide bonds. The molecule has 17 heavy (non-hydrogen) atoms. The Labute approximate surface area is 98.6 Å². The van der Waals surface area contributed by atoms with Crippen molar-refractivity contribution in [3.05, 3.63) is 30.3 Å². The average Bonchev–Trinajstić information content (AvgIpc) is 2.25.